The first-order valence-corrected chi connectivity index (χ1v) is 5.81. The van der Waals surface area contributed by atoms with Gasteiger partial charge in [-0.2, -0.15) is 0 Å². The van der Waals surface area contributed by atoms with Crippen LogP contribution in [0.4, 0.5) is 0 Å². The smallest absolute Gasteiger partial charge is 0.321 e. The Bertz CT molecular complexity index is 388. The molecule has 98 valence electrons. The van der Waals surface area contributed by atoms with Gasteiger partial charge in [0.2, 0.25) is 0 Å². The second-order valence-corrected chi connectivity index (χ2v) is 4.02. The number of hydrogen-bond donors (Lipinski definition) is 3. The fourth-order valence-electron chi connectivity index (χ4n) is 1.58. The van der Waals surface area contributed by atoms with Crippen molar-refractivity contribution in [1.29, 1.82) is 0 Å². The number of aldehydes is 1. The molecule has 0 spiro atoms. The molecular formula is C13H17NO4. The number of rotatable bonds is 8. The van der Waals surface area contributed by atoms with Gasteiger partial charge >= 0.3 is 5.97 Å². The van der Waals surface area contributed by atoms with Crippen molar-refractivity contribution in [3.8, 4) is 5.75 Å². The second-order valence-electron chi connectivity index (χ2n) is 4.02. The second kappa shape index (κ2) is 7.45. The van der Waals surface area contributed by atoms with E-state index >= 15 is 0 Å². The van der Waals surface area contributed by atoms with E-state index in [1.807, 2.05) is 0 Å². The summed E-state index contributed by atoms with van der Waals surface area (Å²) in [6.07, 6.45) is 2.22. The van der Waals surface area contributed by atoms with E-state index in [0.29, 0.717) is 25.8 Å². The van der Waals surface area contributed by atoms with Crippen LogP contribution in [0.15, 0.2) is 24.3 Å². The molecule has 0 radical (unpaired) electrons. The maximum atomic E-state index is 11.1. The SMILES string of the molecule is O=CCCCN[C@H](Cc1ccc(O)cc1)C(=O)O. The summed E-state index contributed by atoms with van der Waals surface area (Å²) in [6.45, 7) is 0.494. The Kier molecular flexibility index (Phi) is 5.87. The Morgan fingerprint density at radius 2 is 2.00 bits per heavy atom. The van der Waals surface area contributed by atoms with Crippen LogP contribution < -0.4 is 5.32 Å². The zero-order valence-electron chi connectivity index (χ0n) is 10.0. The van der Waals surface area contributed by atoms with Gasteiger partial charge in [0, 0.05) is 6.42 Å². The van der Waals surface area contributed by atoms with Crippen LogP contribution in [0.1, 0.15) is 18.4 Å². The van der Waals surface area contributed by atoms with Crippen molar-refractivity contribution >= 4 is 12.3 Å². The van der Waals surface area contributed by atoms with Gasteiger partial charge in [-0.05, 0) is 37.1 Å². The normalized spacial score (nSPS) is 12.0. The molecule has 1 atom stereocenters. The van der Waals surface area contributed by atoms with Crippen LogP contribution in [0.5, 0.6) is 5.75 Å². The van der Waals surface area contributed by atoms with Crippen LogP contribution in [0.2, 0.25) is 0 Å². The highest BCUT2D eigenvalue weighted by molar-refractivity contribution is 5.73. The predicted molar refractivity (Wildman–Crippen MR) is 66.5 cm³/mol. The highest BCUT2D eigenvalue weighted by atomic mass is 16.4. The predicted octanol–water partition coefficient (Wildman–Crippen LogP) is 0.957. The van der Waals surface area contributed by atoms with Crippen molar-refractivity contribution in [1.82, 2.24) is 5.32 Å². The van der Waals surface area contributed by atoms with Gasteiger partial charge < -0.3 is 20.3 Å². The molecule has 0 saturated carbocycles. The molecule has 0 fully saturated rings. The first-order valence-electron chi connectivity index (χ1n) is 5.81. The summed E-state index contributed by atoms with van der Waals surface area (Å²) in [5.74, 6) is -0.765. The number of phenolic OH excluding ortho intramolecular Hbond substituents is 1. The van der Waals surface area contributed by atoms with Crippen LogP contribution in [0.25, 0.3) is 0 Å². The van der Waals surface area contributed by atoms with E-state index in [-0.39, 0.29) is 5.75 Å². The minimum absolute atomic E-state index is 0.157. The number of nitrogens with one attached hydrogen (secondary N) is 1. The molecule has 5 heteroatoms. The molecule has 1 aromatic rings. The van der Waals surface area contributed by atoms with E-state index < -0.39 is 12.0 Å². The lowest BCUT2D eigenvalue weighted by Crippen LogP contribution is -2.39. The van der Waals surface area contributed by atoms with Crippen LogP contribution in [-0.4, -0.2) is 35.1 Å². The van der Waals surface area contributed by atoms with Gasteiger partial charge in [-0.15, -0.1) is 0 Å². The number of unbranched alkanes of at least 4 members (excludes halogenated alkanes) is 1. The average Bonchev–Trinajstić information content (AvgIpc) is 2.35. The molecule has 0 aliphatic heterocycles. The molecule has 18 heavy (non-hydrogen) atoms. The highest BCUT2D eigenvalue weighted by Crippen LogP contribution is 2.11. The van der Waals surface area contributed by atoms with Gasteiger partial charge in [0.05, 0.1) is 0 Å². The number of phenols is 1. The fourth-order valence-corrected chi connectivity index (χ4v) is 1.58. The Morgan fingerprint density at radius 1 is 1.33 bits per heavy atom. The number of carboxylic acid groups (broad SMARTS) is 1. The van der Waals surface area contributed by atoms with Gasteiger partial charge in [-0.1, -0.05) is 12.1 Å². The Hall–Kier alpha value is -1.88. The molecule has 0 aliphatic rings. The van der Waals surface area contributed by atoms with E-state index in [1.54, 1.807) is 12.1 Å². The topological polar surface area (TPSA) is 86.6 Å². The summed E-state index contributed by atoms with van der Waals surface area (Å²) in [5, 5.41) is 21.1. The van der Waals surface area contributed by atoms with E-state index in [1.165, 1.54) is 12.1 Å². The monoisotopic (exact) mass is 251 g/mol. The number of carbonyl (C=O) groups excluding carboxylic acids is 1. The number of carboxylic acids is 1. The van der Waals surface area contributed by atoms with Crippen molar-refractivity contribution in [2.24, 2.45) is 0 Å². The summed E-state index contributed by atoms with van der Waals surface area (Å²) < 4.78 is 0. The summed E-state index contributed by atoms with van der Waals surface area (Å²) in [4.78, 5) is 21.2. The lowest BCUT2D eigenvalue weighted by molar-refractivity contribution is -0.139. The van der Waals surface area contributed by atoms with Gasteiger partial charge in [-0.3, -0.25) is 4.79 Å². The molecule has 1 aromatic carbocycles. The molecule has 0 bridgehead atoms. The molecule has 0 heterocycles. The van der Waals surface area contributed by atoms with E-state index in [2.05, 4.69) is 5.32 Å². The molecule has 0 saturated heterocycles. The Balaban J connectivity index is 2.49. The van der Waals surface area contributed by atoms with E-state index in [4.69, 9.17) is 10.2 Å². The maximum Gasteiger partial charge on any atom is 0.321 e. The largest absolute Gasteiger partial charge is 0.508 e. The van der Waals surface area contributed by atoms with Crippen molar-refractivity contribution in [2.75, 3.05) is 6.54 Å². The molecule has 3 N–H and O–H groups in total. The molecule has 0 unspecified atom stereocenters. The molecule has 1 rings (SSSR count). The quantitative estimate of drug-likeness (QED) is 0.473. The summed E-state index contributed by atoms with van der Waals surface area (Å²) >= 11 is 0. The van der Waals surface area contributed by atoms with Gasteiger partial charge in [0.15, 0.2) is 0 Å². The lowest BCUT2D eigenvalue weighted by atomic mass is 10.1. The van der Waals surface area contributed by atoms with Crippen LogP contribution in [0.3, 0.4) is 0 Å². The molecule has 0 aromatic heterocycles. The van der Waals surface area contributed by atoms with E-state index in [9.17, 15) is 9.59 Å². The van der Waals surface area contributed by atoms with Crippen molar-refractivity contribution in [2.45, 2.75) is 25.3 Å². The number of benzene rings is 1. The standard InChI is InChI=1S/C13H17NO4/c15-8-2-1-7-14-12(13(17)18)9-10-3-5-11(16)6-4-10/h3-6,8,12,14,16H,1-2,7,9H2,(H,17,18)/t12-/m1/s1. The third kappa shape index (κ3) is 4.97. The molecule has 0 amide bonds. The average molecular weight is 251 g/mol. The number of aliphatic carboxylic acids is 1. The van der Waals surface area contributed by atoms with Crippen LogP contribution >= 0.6 is 0 Å². The minimum Gasteiger partial charge on any atom is -0.508 e. The van der Waals surface area contributed by atoms with Crippen molar-refractivity contribution < 1.29 is 19.8 Å². The van der Waals surface area contributed by atoms with Crippen LogP contribution in [0, 0.1) is 0 Å². The fraction of sp³-hybridized carbons (Fsp3) is 0.385. The van der Waals surface area contributed by atoms with Gasteiger partial charge in [0.1, 0.15) is 18.1 Å². The van der Waals surface area contributed by atoms with Gasteiger partial charge in [-0.25, -0.2) is 0 Å². The lowest BCUT2D eigenvalue weighted by Gasteiger charge is -2.14. The van der Waals surface area contributed by atoms with Crippen molar-refractivity contribution in [3.05, 3.63) is 29.8 Å². The summed E-state index contributed by atoms with van der Waals surface area (Å²) in [7, 11) is 0. The third-order valence-corrected chi connectivity index (χ3v) is 2.56. The van der Waals surface area contributed by atoms with Gasteiger partial charge in [0.25, 0.3) is 0 Å². The first-order chi connectivity index (χ1) is 8.63. The number of hydrogen-bond acceptors (Lipinski definition) is 4. The summed E-state index contributed by atoms with van der Waals surface area (Å²) in [6, 6.07) is 5.76. The third-order valence-electron chi connectivity index (χ3n) is 2.56. The first kappa shape index (κ1) is 14.2. The van der Waals surface area contributed by atoms with Crippen LogP contribution in [-0.2, 0) is 16.0 Å². The zero-order chi connectivity index (χ0) is 13.4. The highest BCUT2D eigenvalue weighted by Gasteiger charge is 2.16. The number of carbonyl (C=O) groups is 2. The Morgan fingerprint density at radius 3 is 2.56 bits per heavy atom. The Labute approximate surface area is 105 Å². The van der Waals surface area contributed by atoms with Crippen molar-refractivity contribution in [3.63, 3.8) is 0 Å². The molecule has 0 aliphatic carbocycles. The number of aromatic hydroxyl groups is 1. The molecular weight excluding hydrogens is 234 g/mol. The minimum atomic E-state index is -0.922. The van der Waals surface area contributed by atoms with E-state index in [0.717, 1.165) is 11.8 Å². The zero-order valence-corrected chi connectivity index (χ0v) is 10.0. The summed E-state index contributed by atoms with van der Waals surface area (Å²) in [5.41, 5.74) is 0.836. The maximum absolute atomic E-state index is 11.1. The molecule has 5 nitrogen and oxygen atoms in total.